The molecule has 1 aliphatic heterocycles. The minimum absolute atomic E-state index is 0.00215. The maximum Gasteiger partial charge on any atom is 0.163 e. The first-order valence-corrected chi connectivity index (χ1v) is 12.3. The summed E-state index contributed by atoms with van der Waals surface area (Å²) in [7, 11) is 0. The molecule has 0 aromatic heterocycles. The van der Waals surface area contributed by atoms with Crippen LogP contribution in [0.1, 0.15) is 60.1 Å². The number of allylic oxidation sites excluding steroid dienone is 4. The average molecular weight is 479 g/mol. The first-order chi connectivity index (χ1) is 17.5. The zero-order valence-electron chi connectivity index (χ0n) is 19.7. The van der Waals surface area contributed by atoms with Gasteiger partial charge < -0.3 is 14.9 Å². The molecule has 0 spiro atoms. The number of phenolic OH excluding ortho intramolecular Hbond substituents is 2. The van der Waals surface area contributed by atoms with E-state index in [1.54, 1.807) is 6.07 Å². The normalized spacial score (nSPS) is 23.7. The lowest BCUT2D eigenvalue weighted by atomic mass is 9.69. The zero-order chi connectivity index (χ0) is 24.8. The van der Waals surface area contributed by atoms with E-state index in [0.717, 1.165) is 11.1 Å². The molecule has 2 aliphatic carbocycles. The number of benzene rings is 3. The third kappa shape index (κ3) is 3.81. The van der Waals surface area contributed by atoms with Crippen molar-refractivity contribution < 1.29 is 24.5 Å². The first kappa shape index (κ1) is 22.4. The highest BCUT2D eigenvalue weighted by Gasteiger charge is 2.45. The number of ether oxygens (including phenoxy) is 1. The second-order valence-electron chi connectivity index (χ2n) is 9.83. The predicted octanol–water partition coefficient (Wildman–Crippen LogP) is 6.01. The Hall–Kier alpha value is -4.12. The number of carbonyl (C=O) groups excluding carboxylic acids is 2. The Morgan fingerprint density at radius 3 is 1.56 bits per heavy atom. The summed E-state index contributed by atoms with van der Waals surface area (Å²) < 4.78 is 6.45. The van der Waals surface area contributed by atoms with Crippen molar-refractivity contribution in [1.82, 2.24) is 0 Å². The molecule has 5 nitrogen and oxygen atoms in total. The van der Waals surface area contributed by atoms with Gasteiger partial charge in [-0.3, -0.25) is 9.59 Å². The molecule has 1 heterocycles. The van der Waals surface area contributed by atoms with Gasteiger partial charge >= 0.3 is 0 Å². The van der Waals surface area contributed by atoms with Crippen molar-refractivity contribution in [3.05, 3.63) is 118 Å². The van der Waals surface area contributed by atoms with E-state index < -0.39 is 5.92 Å². The summed E-state index contributed by atoms with van der Waals surface area (Å²) in [6.07, 6.45) is 1.78. The summed E-state index contributed by atoms with van der Waals surface area (Å²) in [5, 5.41) is 20.2. The van der Waals surface area contributed by atoms with Gasteiger partial charge in [-0.05, 0) is 40.7 Å². The van der Waals surface area contributed by atoms with Gasteiger partial charge in [-0.2, -0.15) is 0 Å². The molecular formula is C31H26O5. The molecule has 180 valence electrons. The van der Waals surface area contributed by atoms with Crippen molar-refractivity contribution in [2.45, 2.75) is 43.4 Å². The number of hydrogen-bond donors (Lipinski definition) is 2. The Kier molecular flexibility index (Phi) is 5.48. The van der Waals surface area contributed by atoms with Crippen LogP contribution in [0.2, 0.25) is 0 Å². The first-order valence-electron chi connectivity index (χ1n) is 12.3. The van der Waals surface area contributed by atoms with E-state index in [1.165, 1.54) is 12.1 Å². The van der Waals surface area contributed by atoms with Crippen molar-refractivity contribution in [2.75, 3.05) is 0 Å². The van der Waals surface area contributed by atoms with Gasteiger partial charge in [0.25, 0.3) is 0 Å². The van der Waals surface area contributed by atoms with Crippen LogP contribution in [-0.2, 0) is 14.3 Å². The van der Waals surface area contributed by atoms with E-state index in [1.807, 2.05) is 60.7 Å². The van der Waals surface area contributed by atoms with Crippen LogP contribution in [0, 0.1) is 0 Å². The average Bonchev–Trinajstić information content (AvgIpc) is 2.90. The third-order valence-electron chi connectivity index (χ3n) is 7.63. The third-order valence-corrected chi connectivity index (χ3v) is 7.63. The van der Waals surface area contributed by atoms with Gasteiger partial charge in [-0.15, -0.1) is 0 Å². The monoisotopic (exact) mass is 478 g/mol. The van der Waals surface area contributed by atoms with Crippen molar-refractivity contribution in [3.8, 4) is 11.5 Å². The molecule has 36 heavy (non-hydrogen) atoms. The SMILES string of the molecule is O=C1CC(c2ccccc2)CC2=C1C(c1ccc(O)c(O)c1)C1=C(CC(c3ccccc3)CC1=O)O2. The molecule has 0 bridgehead atoms. The summed E-state index contributed by atoms with van der Waals surface area (Å²) in [5.41, 5.74) is 3.77. The highest BCUT2D eigenvalue weighted by molar-refractivity contribution is 6.06. The highest BCUT2D eigenvalue weighted by Crippen LogP contribution is 2.52. The fourth-order valence-electron chi connectivity index (χ4n) is 5.90. The lowest BCUT2D eigenvalue weighted by Gasteiger charge is -2.39. The molecule has 2 atom stereocenters. The second kappa shape index (κ2) is 8.83. The zero-order valence-corrected chi connectivity index (χ0v) is 19.7. The Morgan fingerprint density at radius 1 is 0.583 bits per heavy atom. The summed E-state index contributed by atoms with van der Waals surface area (Å²) in [6, 6.07) is 24.4. The molecule has 0 saturated carbocycles. The van der Waals surface area contributed by atoms with Crippen molar-refractivity contribution in [3.63, 3.8) is 0 Å². The van der Waals surface area contributed by atoms with E-state index in [9.17, 15) is 19.8 Å². The molecule has 3 aromatic rings. The van der Waals surface area contributed by atoms with Crippen molar-refractivity contribution in [1.29, 1.82) is 0 Å². The van der Waals surface area contributed by atoms with Crippen molar-refractivity contribution in [2.24, 2.45) is 0 Å². The van der Waals surface area contributed by atoms with Crippen molar-refractivity contribution >= 4 is 11.6 Å². The van der Waals surface area contributed by atoms with Crippen LogP contribution in [0.4, 0.5) is 0 Å². The van der Waals surface area contributed by atoms with Crippen LogP contribution in [0.5, 0.6) is 11.5 Å². The van der Waals surface area contributed by atoms with Crippen LogP contribution in [0.25, 0.3) is 0 Å². The summed E-state index contributed by atoms with van der Waals surface area (Å²) in [4.78, 5) is 27.3. The predicted molar refractivity (Wildman–Crippen MR) is 134 cm³/mol. The fourth-order valence-corrected chi connectivity index (χ4v) is 5.90. The number of phenols is 2. The van der Waals surface area contributed by atoms with Gasteiger partial charge in [0.05, 0.1) is 0 Å². The van der Waals surface area contributed by atoms with Gasteiger partial charge in [-0.25, -0.2) is 0 Å². The largest absolute Gasteiger partial charge is 0.504 e. The lowest BCUT2D eigenvalue weighted by Crippen LogP contribution is -2.33. The molecule has 3 aromatic carbocycles. The van der Waals surface area contributed by atoms with Gasteiger partial charge in [0.15, 0.2) is 23.1 Å². The number of rotatable bonds is 3. The van der Waals surface area contributed by atoms with Gasteiger partial charge in [0.2, 0.25) is 0 Å². The number of hydrogen-bond acceptors (Lipinski definition) is 5. The molecule has 0 amide bonds. The smallest absolute Gasteiger partial charge is 0.163 e. The van der Waals surface area contributed by atoms with Gasteiger partial charge in [-0.1, -0.05) is 66.7 Å². The number of ketones is 2. The Morgan fingerprint density at radius 2 is 1.08 bits per heavy atom. The fraction of sp³-hybridized carbons (Fsp3) is 0.226. The minimum Gasteiger partial charge on any atom is -0.504 e. The van der Waals surface area contributed by atoms with E-state index in [-0.39, 0.29) is 34.9 Å². The van der Waals surface area contributed by atoms with Crippen LogP contribution in [0.15, 0.2) is 102 Å². The summed E-state index contributed by atoms with van der Waals surface area (Å²) in [5.74, 6) is -0.0269. The standard InChI is InChI=1S/C31H26O5/c32-23-12-11-20(13-24(23)33)29-30-25(34)14-21(18-7-3-1-4-8-18)16-27(30)36-28-17-22(15-26(35)31(28)29)19-9-5-2-6-10-19/h1-13,21-22,29,32-33H,14-17H2. The summed E-state index contributed by atoms with van der Waals surface area (Å²) in [6.45, 7) is 0. The van der Waals surface area contributed by atoms with Crippen LogP contribution >= 0.6 is 0 Å². The maximum absolute atomic E-state index is 13.6. The highest BCUT2D eigenvalue weighted by atomic mass is 16.5. The van der Waals surface area contributed by atoms with Crippen LogP contribution < -0.4 is 0 Å². The molecular weight excluding hydrogens is 452 g/mol. The molecule has 3 aliphatic rings. The molecule has 0 radical (unpaired) electrons. The summed E-state index contributed by atoms with van der Waals surface area (Å²) >= 11 is 0. The quantitative estimate of drug-likeness (QED) is 0.450. The van der Waals surface area contributed by atoms with Gasteiger partial charge in [0, 0.05) is 42.7 Å². The molecule has 0 fully saturated rings. The van der Waals surface area contributed by atoms with E-state index in [2.05, 4.69) is 0 Å². The Labute approximate surface area is 209 Å². The molecule has 2 unspecified atom stereocenters. The molecule has 0 saturated heterocycles. The van der Waals surface area contributed by atoms with E-state index >= 15 is 0 Å². The molecule has 5 heteroatoms. The Bertz CT molecular complexity index is 1330. The number of aromatic hydroxyl groups is 2. The van der Waals surface area contributed by atoms with E-state index in [0.29, 0.717) is 53.9 Å². The topological polar surface area (TPSA) is 83.8 Å². The van der Waals surface area contributed by atoms with Gasteiger partial charge in [0.1, 0.15) is 11.5 Å². The minimum atomic E-state index is -0.622. The van der Waals surface area contributed by atoms with E-state index in [4.69, 9.17) is 4.74 Å². The molecule has 2 N–H and O–H groups in total. The number of Topliss-reactive ketones (excluding diaryl/α,β-unsaturated/α-hetero) is 2. The number of carbonyl (C=O) groups is 2. The lowest BCUT2D eigenvalue weighted by molar-refractivity contribution is -0.118. The maximum atomic E-state index is 13.6. The van der Waals surface area contributed by atoms with Crippen LogP contribution in [0.3, 0.4) is 0 Å². The van der Waals surface area contributed by atoms with Crippen LogP contribution in [-0.4, -0.2) is 21.8 Å². The Balaban J connectivity index is 1.46. The molecule has 6 rings (SSSR count). The second-order valence-corrected chi connectivity index (χ2v) is 9.83.